The molecular formula is C23H23FN4O4. The molecule has 8 nitrogen and oxygen atoms in total. The van der Waals surface area contributed by atoms with E-state index in [1.54, 1.807) is 18.3 Å². The number of benzene rings is 1. The van der Waals surface area contributed by atoms with Crippen molar-refractivity contribution >= 4 is 22.7 Å². The number of carbonyl (C=O) groups excluding carboxylic acids is 1. The molecule has 0 amide bonds. The number of ether oxygens (including phenoxy) is 1. The zero-order valence-electron chi connectivity index (χ0n) is 17.6. The van der Waals surface area contributed by atoms with E-state index in [9.17, 15) is 19.3 Å². The number of carbonyl (C=O) groups is 1. The van der Waals surface area contributed by atoms with Crippen LogP contribution in [-0.4, -0.2) is 25.8 Å². The van der Waals surface area contributed by atoms with Crippen LogP contribution in [0.25, 0.3) is 10.9 Å². The summed E-state index contributed by atoms with van der Waals surface area (Å²) in [5.41, 5.74) is 1.89. The number of H-pyrrole nitrogens is 1. The predicted octanol–water partition coefficient (Wildman–Crippen LogP) is 5.17. The average molecular weight is 438 g/mol. The maximum atomic E-state index is 13.8. The van der Waals surface area contributed by atoms with E-state index in [1.165, 1.54) is 6.07 Å². The highest BCUT2D eigenvalue weighted by Gasteiger charge is 2.33. The lowest BCUT2D eigenvalue weighted by molar-refractivity contribution is -0.390. The number of pyridine rings is 1. The quantitative estimate of drug-likeness (QED) is 0.246. The summed E-state index contributed by atoms with van der Waals surface area (Å²) in [6.45, 7) is 5.26. The van der Waals surface area contributed by atoms with Gasteiger partial charge in [-0.15, -0.1) is 0 Å². The van der Waals surface area contributed by atoms with E-state index in [0.717, 1.165) is 48.2 Å². The number of hydrogen-bond acceptors (Lipinski definition) is 6. The number of aromatic amines is 1. The van der Waals surface area contributed by atoms with E-state index in [-0.39, 0.29) is 23.5 Å². The maximum absolute atomic E-state index is 13.8. The summed E-state index contributed by atoms with van der Waals surface area (Å²) in [6, 6.07) is 6.62. The second kappa shape index (κ2) is 8.86. The van der Waals surface area contributed by atoms with Gasteiger partial charge in [-0.25, -0.2) is 14.2 Å². The van der Waals surface area contributed by atoms with Crippen molar-refractivity contribution in [3.8, 4) is 5.88 Å². The molecular weight excluding hydrogens is 415 g/mol. The highest BCUT2D eigenvalue weighted by atomic mass is 19.1. The van der Waals surface area contributed by atoms with Gasteiger partial charge >= 0.3 is 17.7 Å². The molecule has 0 radical (unpaired) electrons. The van der Waals surface area contributed by atoms with Crippen molar-refractivity contribution in [3.05, 3.63) is 70.4 Å². The normalized spacial score (nSPS) is 19.4. The van der Waals surface area contributed by atoms with Gasteiger partial charge in [-0.2, -0.15) is 4.98 Å². The van der Waals surface area contributed by atoms with Crippen LogP contribution in [0.1, 0.15) is 55.8 Å². The second-order valence-corrected chi connectivity index (χ2v) is 8.12. The number of imidazole rings is 1. The van der Waals surface area contributed by atoms with Crippen molar-refractivity contribution in [2.75, 3.05) is 0 Å². The molecule has 1 atom stereocenters. The van der Waals surface area contributed by atoms with E-state index in [0.29, 0.717) is 11.7 Å². The van der Waals surface area contributed by atoms with Crippen LogP contribution >= 0.6 is 0 Å². The number of nitrogens with zero attached hydrogens (tertiary/aromatic N) is 3. The molecule has 0 bridgehead atoms. The van der Waals surface area contributed by atoms with Crippen LogP contribution in [0.4, 0.5) is 10.2 Å². The fourth-order valence-electron chi connectivity index (χ4n) is 4.56. The summed E-state index contributed by atoms with van der Waals surface area (Å²) in [5.74, 6) is -0.991. The number of hydrogen-bond donors (Lipinski definition) is 1. The molecule has 1 N–H and O–H groups in total. The molecule has 0 spiro atoms. The molecule has 1 saturated carbocycles. The first-order valence-corrected chi connectivity index (χ1v) is 10.5. The van der Waals surface area contributed by atoms with Gasteiger partial charge in [-0.05, 0) is 72.3 Å². The van der Waals surface area contributed by atoms with Gasteiger partial charge in [0.25, 0.3) is 0 Å². The molecule has 9 heteroatoms. The molecule has 1 aliphatic carbocycles. The molecule has 1 aromatic carbocycles. The topological polar surface area (TPSA) is 111 Å². The summed E-state index contributed by atoms with van der Waals surface area (Å²) >= 11 is 0. The largest absolute Gasteiger partial charge is 0.396 e. The Morgan fingerprint density at radius 2 is 2.09 bits per heavy atom. The Labute approximate surface area is 183 Å². The lowest BCUT2D eigenvalue weighted by atomic mass is 9.73. The molecule has 3 aromatic rings. The van der Waals surface area contributed by atoms with Gasteiger partial charge in [0, 0.05) is 23.6 Å². The van der Waals surface area contributed by atoms with Crippen LogP contribution in [0.15, 0.2) is 43.1 Å². The van der Waals surface area contributed by atoms with Crippen LogP contribution in [0, 0.1) is 21.8 Å². The first-order valence-electron chi connectivity index (χ1n) is 10.5. The minimum atomic E-state index is -0.805. The van der Waals surface area contributed by atoms with Crippen LogP contribution < -0.4 is 4.74 Å². The maximum Gasteiger partial charge on any atom is 0.385 e. The van der Waals surface area contributed by atoms with E-state index in [2.05, 4.69) is 21.5 Å². The van der Waals surface area contributed by atoms with E-state index < -0.39 is 16.7 Å². The molecule has 4 rings (SSSR count). The lowest BCUT2D eigenvalue weighted by Crippen LogP contribution is -2.19. The van der Waals surface area contributed by atoms with Crippen LogP contribution in [-0.2, 0) is 4.79 Å². The third-order valence-corrected chi connectivity index (χ3v) is 6.30. The van der Waals surface area contributed by atoms with Gasteiger partial charge in [0.2, 0.25) is 5.82 Å². The van der Waals surface area contributed by atoms with Crippen molar-refractivity contribution in [1.82, 2.24) is 15.0 Å². The molecule has 1 fully saturated rings. The summed E-state index contributed by atoms with van der Waals surface area (Å²) in [4.78, 5) is 33.4. The Hall–Kier alpha value is -3.62. The van der Waals surface area contributed by atoms with Gasteiger partial charge in [0.05, 0.1) is 5.52 Å². The van der Waals surface area contributed by atoms with Crippen molar-refractivity contribution in [1.29, 1.82) is 0 Å². The van der Waals surface area contributed by atoms with E-state index >= 15 is 0 Å². The van der Waals surface area contributed by atoms with Gasteiger partial charge in [-0.3, -0.25) is 4.98 Å². The minimum Gasteiger partial charge on any atom is -0.396 e. The Balaban J connectivity index is 1.50. The summed E-state index contributed by atoms with van der Waals surface area (Å²) < 4.78 is 18.7. The Bertz CT molecular complexity index is 1180. The van der Waals surface area contributed by atoms with Crippen molar-refractivity contribution < 1.29 is 18.8 Å². The lowest BCUT2D eigenvalue weighted by Gasteiger charge is -2.31. The van der Waals surface area contributed by atoms with E-state index in [1.807, 2.05) is 13.0 Å². The molecule has 32 heavy (non-hydrogen) atoms. The highest BCUT2D eigenvalue weighted by Crippen LogP contribution is 2.43. The number of esters is 1. The molecule has 166 valence electrons. The minimum absolute atomic E-state index is 0.0857. The van der Waals surface area contributed by atoms with Gasteiger partial charge in [0.1, 0.15) is 5.82 Å². The van der Waals surface area contributed by atoms with Crippen LogP contribution in [0.2, 0.25) is 0 Å². The summed E-state index contributed by atoms with van der Waals surface area (Å²) in [5, 5.41) is 12.2. The molecule has 1 unspecified atom stereocenters. The smallest absolute Gasteiger partial charge is 0.385 e. The predicted molar refractivity (Wildman–Crippen MR) is 116 cm³/mol. The Morgan fingerprint density at radius 1 is 1.34 bits per heavy atom. The number of rotatable bonds is 6. The second-order valence-electron chi connectivity index (χ2n) is 8.12. The van der Waals surface area contributed by atoms with Gasteiger partial charge in [-0.1, -0.05) is 13.5 Å². The van der Waals surface area contributed by atoms with Crippen molar-refractivity contribution in [2.45, 2.75) is 44.4 Å². The van der Waals surface area contributed by atoms with Crippen molar-refractivity contribution in [3.63, 3.8) is 0 Å². The highest BCUT2D eigenvalue weighted by molar-refractivity contribution is 5.83. The fraction of sp³-hybridized carbons (Fsp3) is 0.348. The van der Waals surface area contributed by atoms with Crippen LogP contribution in [0.5, 0.6) is 5.88 Å². The zero-order valence-corrected chi connectivity index (χ0v) is 17.6. The molecule has 0 saturated heterocycles. The van der Waals surface area contributed by atoms with Gasteiger partial charge in [0.15, 0.2) is 0 Å². The fourth-order valence-corrected chi connectivity index (χ4v) is 4.56. The first kappa shape index (κ1) is 21.6. The number of halogens is 1. The van der Waals surface area contributed by atoms with Crippen molar-refractivity contribution in [2.24, 2.45) is 5.92 Å². The SMILES string of the molecule is C=CC(=O)Oc1nc(C(C)[C@H]2CC[C@@H](c3ccnc4ccc(F)cc43)CC2)[nH]c1[N+](=O)[O-]. The zero-order chi connectivity index (χ0) is 22.8. The molecule has 1 aliphatic rings. The first-order chi connectivity index (χ1) is 15.4. The monoisotopic (exact) mass is 438 g/mol. The number of aromatic nitrogens is 3. The number of fused-ring (bicyclic) bond motifs is 1. The standard InChI is InChI=1S/C23H23FN4O4/c1-3-20(29)32-23-22(28(30)31)26-21(27-23)13(2)14-4-6-15(7-5-14)17-10-11-25-19-9-8-16(24)12-18(17)19/h3,8-15H,1,4-7H2,2H3,(H,26,27)/t13?,14-,15+. The van der Waals surface area contributed by atoms with E-state index in [4.69, 9.17) is 4.74 Å². The molecule has 2 aromatic heterocycles. The Morgan fingerprint density at radius 3 is 2.78 bits per heavy atom. The number of nitro groups is 1. The summed E-state index contributed by atoms with van der Waals surface area (Å²) in [7, 11) is 0. The average Bonchev–Trinajstić information content (AvgIpc) is 3.22. The third kappa shape index (κ3) is 4.23. The molecule has 0 aliphatic heterocycles. The third-order valence-electron chi connectivity index (χ3n) is 6.30. The number of nitrogens with one attached hydrogen (secondary N) is 1. The Kier molecular flexibility index (Phi) is 5.98. The summed E-state index contributed by atoms with van der Waals surface area (Å²) in [6.07, 6.45) is 6.29. The molecule has 2 heterocycles. The van der Waals surface area contributed by atoms with Gasteiger partial charge < -0.3 is 14.9 Å². The van der Waals surface area contributed by atoms with Crippen LogP contribution in [0.3, 0.4) is 0 Å².